The van der Waals surface area contributed by atoms with Gasteiger partial charge in [0.05, 0.1) is 12.8 Å². The number of hydrogen-bond acceptors (Lipinski definition) is 6. The van der Waals surface area contributed by atoms with Gasteiger partial charge in [0, 0.05) is 42.4 Å². The van der Waals surface area contributed by atoms with E-state index in [1.807, 2.05) is 0 Å². The zero-order valence-electron chi connectivity index (χ0n) is 20.1. The van der Waals surface area contributed by atoms with Crippen LogP contribution < -0.4 is 10.1 Å². The van der Waals surface area contributed by atoms with Gasteiger partial charge in [-0.1, -0.05) is 25.1 Å². The maximum absolute atomic E-state index is 14.6. The Bertz CT molecular complexity index is 1450. The number of halogens is 1. The van der Waals surface area contributed by atoms with Gasteiger partial charge in [-0.05, 0) is 49.3 Å². The number of imidazole rings is 1. The minimum absolute atomic E-state index is 0.249. The van der Waals surface area contributed by atoms with Gasteiger partial charge in [-0.15, -0.1) is 0 Å². The van der Waals surface area contributed by atoms with Crippen LogP contribution in [0.3, 0.4) is 0 Å². The van der Waals surface area contributed by atoms with Crippen LogP contribution in [0.15, 0.2) is 42.7 Å². The third-order valence-electron chi connectivity index (χ3n) is 6.54. The van der Waals surface area contributed by atoms with Crippen LogP contribution in [-0.2, 0) is 19.5 Å². The summed E-state index contributed by atoms with van der Waals surface area (Å²) >= 11 is 0. The average Bonchev–Trinajstić information content (AvgIpc) is 3.51. The van der Waals surface area contributed by atoms with Crippen LogP contribution in [0, 0.1) is 24.1 Å². The predicted octanol–water partition coefficient (Wildman–Crippen LogP) is 4.71. The molecule has 5 rings (SSSR count). The lowest BCUT2D eigenvalue weighted by Gasteiger charge is -2.16. The molecule has 1 aliphatic rings. The third kappa shape index (κ3) is 4.31. The molecule has 7 nitrogen and oxygen atoms in total. The molecule has 8 heteroatoms. The fraction of sp³-hybridized carbons (Fsp3) is 0.296. The van der Waals surface area contributed by atoms with Crippen LogP contribution in [0.4, 0.5) is 10.3 Å². The van der Waals surface area contributed by atoms with Gasteiger partial charge in [-0.2, -0.15) is 5.26 Å². The Morgan fingerprint density at radius 3 is 2.89 bits per heavy atom. The molecule has 35 heavy (non-hydrogen) atoms. The van der Waals surface area contributed by atoms with Gasteiger partial charge in [0.2, 0.25) is 5.95 Å². The Hall–Kier alpha value is -3.96. The maximum atomic E-state index is 14.6. The van der Waals surface area contributed by atoms with E-state index in [9.17, 15) is 9.65 Å². The fourth-order valence-electron chi connectivity index (χ4n) is 4.58. The number of nitrogens with one attached hydrogen (secondary N) is 1. The minimum atomic E-state index is -0.276. The Kier molecular flexibility index (Phi) is 6.10. The van der Waals surface area contributed by atoms with Crippen molar-refractivity contribution in [1.82, 2.24) is 19.3 Å². The van der Waals surface area contributed by atoms with Gasteiger partial charge in [0.15, 0.2) is 11.3 Å². The average molecular weight is 471 g/mol. The molecule has 0 atom stereocenters. The van der Waals surface area contributed by atoms with Crippen molar-refractivity contribution in [2.24, 2.45) is 0 Å². The van der Waals surface area contributed by atoms with Crippen LogP contribution in [0.5, 0.6) is 5.75 Å². The van der Waals surface area contributed by atoms with Crippen molar-refractivity contribution >= 4 is 11.6 Å². The molecule has 178 valence electrons. The summed E-state index contributed by atoms with van der Waals surface area (Å²) in [7, 11) is 2.10. The molecule has 0 spiro atoms. The normalized spacial score (nSPS) is 12.6. The molecule has 2 aromatic heterocycles. The third-order valence-corrected chi connectivity index (χ3v) is 6.54. The Balaban J connectivity index is 1.50. The predicted molar refractivity (Wildman–Crippen MR) is 133 cm³/mol. The molecule has 0 fully saturated rings. The Morgan fingerprint density at radius 2 is 2.11 bits per heavy atom. The number of hydrogen-bond donors (Lipinski definition) is 1. The number of rotatable bonds is 7. The second-order valence-electron chi connectivity index (χ2n) is 8.86. The van der Waals surface area contributed by atoms with E-state index in [0.717, 1.165) is 41.1 Å². The van der Waals surface area contributed by atoms with Gasteiger partial charge < -0.3 is 15.0 Å². The topological polar surface area (TPSA) is 78.5 Å². The quantitative estimate of drug-likeness (QED) is 0.421. The molecule has 1 N–H and O–H groups in total. The summed E-state index contributed by atoms with van der Waals surface area (Å²) in [5.74, 6) is 0.949. The summed E-state index contributed by atoms with van der Waals surface area (Å²) in [4.78, 5) is 11.4. The summed E-state index contributed by atoms with van der Waals surface area (Å²) < 4.78 is 22.0. The van der Waals surface area contributed by atoms with Crippen molar-refractivity contribution in [3.8, 4) is 22.9 Å². The number of nitriles is 1. The highest BCUT2D eigenvalue weighted by molar-refractivity contribution is 5.80. The highest BCUT2D eigenvalue weighted by Crippen LogP contribution is 2.32. The number of anilines is 1. The molecule has 2 aromatic carbocycles. The van der Waals surface area contributed by atoms with Gasteiger partial charge in [-0.25, -0.2) is 14.4 Å². The molecule has 1 aliphatic heterocycles. The number of benzene rings is 2. The second kappa shape index (κ2) is 9.35. The standard InChI is InChI=1S/C27H27FN6O/c1-4-33(3)15-18-5-6-20(17(2)11-18)23-14-31-27(34-16-19(12-29)32-26(23)34)30-13-22-21-9-10-35-25(21)8-7-24(22)28/h5-8,11,14,16H,4,9-10,13,15H2,1-3H3,(H,30,31). The van der Waals surface area contributed by atoms with E-state index in [4.69, 9.17) is 4.74 Å². The van der Waals surface area contributed by atoms with Crippen molar-refractivity contribution in [1.29, 1.82) is 5.26 Å². The zero-order chi connectivity index (χ0) is 24.5. The highest BCUT2D eigenvalue weighted by Gasteiger charge is 2.20. The molecular weight excluding hydrogens is 443 g/mol. The first-order chi connectivity index (χ1) is 17.0. The van der Waals surface area contributed by atoms with Crippen LogP contribution in [0.1, 0.15) is 34.9 Å². The molecule has 0 aliphatic carbocycles. The largest absolute Gasteiger partial charge is 0.493 e. The number of ether oxygens (including phenoxy) is 1. The van der Waals surface area contributed by atoms with E-state index in [2.05, 4.69) is 65.3 Å². The van der Waals surface area contributed by atoms with Crippen LogP contribution in [-0.4, -0.2) is 39.5 Å². The molecule has 0 bridgehead atoms. The first-order valence-electron chi connectivity index (χ1n) is 11.7. The smallest absolute Gasteiger partial charge is 0.208 e. The Morgan fingerprint density at radius 1 is 1.26 bits per heavy atom. The van der Waals surface area contributed by atoms with E-state index >= 15 is 0 Å². The van der Waals surface area contributed by atoms with Gasteiger partial charge >= 0.3 is 0 Å². The molecule has 0 radical (unpaired) electrons. The summed E-state index contributed by atoms with van der Waals surface area (Å²) in [5.41, 5.74) is 6.58. The first kappa shape index (κ1) is 22.8. The molecular formula is C27H27FN6O. The van der Waals surface area contributed by atoms with Crippen molar-refractivity contribution in [2.45, 2.75) is 33.4 Å². The van der Waals surface area contributed by atoms with E-state index < -0.39 is 0 Å². The van der Waals surface area contributed by atoms with Crippen LogP contribution >= 0.6 is 0 Å². The summed E-state index contributed by atoms with van der Waals surface area (Å²) in [6.45, 7) is 6.87. The van der Waals surface area contributed by atoms with Crippen LogP contribution in [0.25, 0.3) is 16.8 Å². The Labute approximate surface area is 203 Å². The van der Waals surface area contributed by atoms with Crippen LogP contribution in [0.2, 0.25) is 0 Å². The van der Waals surface area contributed by atoms with E-state index in [1.165, 1.54) is 11.6 Å². The molecule has 0 saturated heterocycles. The van der Waals surface area contributed by atoms with E-state index in [-0.39, 0.29) is 12.4 Å². The van der Waals surface area contributed by atoms with Crippen molar-refractivity contribution in [2.75, 3.05) is 25.5 Å². The van der Waals surface area contributed by atoms with Gasteiger partial charge in [0.25, 0.3) is 0 Å². The molecule has 3 heterocycles. The maximum Gasteiger partial charge on any atom is 0.208 e. The number of aromatic nitrogens is 3. The molecule has 0 amide bonds. The highest BCUT2D eigenvalue weighted by atomic mass is 19.1. The van der Waals surface area contributed by atoms with Crippen molar-refractivity contribution < 1.29 is 9.13 Å². The minimum Gasteiger partial charge on any atom is -0.493 e. The van der Waals surface area contributed by atoms with Crippen molar-refractivity contribution in [3.63, 3.8) is 0 Å². The van der Waals surface area contributed by atoms with Crippen molar-refractivity contribution in [3.05, 3.63) is 76.5 Å². The molecule has 0 saturated carbocycles. The number of aryl methyl sites for hydroxylation is 1. The summed E-state index contributed by atoms with van der Waals surface area (Å²) in [5, 5.41) is 12.7. The summed E-state index contributed by atoms with van der Waals surface area (Å²) in [6.07, 6.45) is 4.10. The zero-order valence-corrected chi connectivity index (χ0v) is 20.1. The fourth-order valence-corrected chi connectivity index (χ4v) is 4.58. The lowest BCUT2D eigenvalue weighted by atomic mass is 10.00. The first-order valence-corrected chi connectivity index (χ1v) is 11.7. The monoisotopic (exact) mass is 470 g/mol. The van der Waals surface area contributed by atoms with Gasteiger partial charge in [-0.3, -0.25) is 4.40 Å². The van der Waals surface area contributed by atoms with E-state index in [1.54, 1.807) is 22.9 Å². The molecule has 0 unspecified atom stereocenters. The van der Waals surface area contributed by atoms with Gasteiger partial charge in [0.1, 0.15) is 17.6 Å². The lowest BCUT2D eigenvalue weighted by molar-refractivity contribution is 0.346. The molecule has 4 aromatic rings. The second-order valence-corrected chi connectivity index (χ2v) is 8.86. The number of fused-ring (bicyclic) bond motifs is 2. The van der Waals surface area contributed by atoms with E-state index in [0.29, 0.717) is 35.9 Å². The SMILES string of the molecule is CCN(C)Cc1ccc(-c2cnc(NCc3c(F)ccc4c3CCO4)n3cc(C#N)nc23)c(C)c1. The summed E-state index contributed by atoms with van der Waals surface area (Å²) in [6, 6.07) is 11.6. The number of nitrogens with zero attached hydrogens (tertiary/aromatic N) is 5. The lowest BCUT2D eigenvalue weighted by Crippen LogP contribution is -2.16.